The van der Waals surface area contributed by atoms with Gasteiger partial charge in [0.1, 0.15) is 0 Å². The van der Waals surface area contributed by atoms with Gasteiger partial charge in [-0.05, 0) is 55.1 Å². The van der Waals surface area contributed by atoms with Crippen LogP contribution < -0.4 is 10.6 Å². The van der Waals surface area contributed by atoms with E-state index >= 15 is 0 Å². The molecule has 0 saturated carbocycles. The van der Waals surface area contributed by atoms with E-state index in [9.17, 15) is 9.59 Å². The number of aromatic nitrogens is 1. The summed E-state index contributed by atoms with van der Waals surface area (Å²) < 4.78 is 5.12. The van der Waals surface area contributed by atoms with Gasteiger partial charge in [0.05, 0.1) is 12.0 Å². The van der Waals surface area contributed by atoms with E-state index in [0.717, 1.165) is 16.8 Å². The predicted molar refractivity (Wildman–Crippen MR) is 125 cm³/mol. The van der Waals surface area contributed by atoms with Crippen LogP contribution in [0, 0.1) is 6.92 Å². The highest BCUT2D eigenvalue weighted by Crippen LogP contribution is 2.27. The van der Waals surface area contributed by atoms with Crippen molar-refractivity contribution in [3.05, 3.63) is 83.1 Å². The first kappa shape index (κ1) is 20.9. The van der Waals surface area contributed by atoms with E-state index in [0.29, 0.717) is 16.4 Å². The van der Waals surface area contributed by atoms with Crippen molar-refractivity contribution in [3.63, 3.8) is 0 Å². The first-order valence-corrected chi connectivity index (χ1v) is 11.5. The minimum atomic E-state index is -0.372. The highest BCUT2D eigenvalue weighted by atomic mass is 32.2. The molecule has 6 nitrogen and oxygen atoms in total. The minimum absolute atomic E-state index is 0.204. The summed E-state index contributed by atoms with van der Waals surface area (Å²) in [5.74, 6) is -0.468. The Labute approximate surface area is 187 Å². The molecule has 0 saturated heterocycles. The third-order valence-corrected chi connectivity index (χ3v) is 6.10. The van der Waals surface area contributed by atoms with Crippen molar-refractivity contribution in [1.29, 1.82) is 0 Å². The van der Waals surface area contributed by atoms with Crippen molar-refractivity contribution in [2.75, 3.05) is 16.9 Å². The lowest BCUT2D eigenvalue weighted by Gasteiger charge is -2.09. The number of thioether (sulfide) groups is 1. The van der Waals surface area contributed by atoms with E-state index < -0.39 is 0 Å². The van der Waals surface area contributed by atoms with Gasteiger partial charge in [-0.25, -0.2) is 4.98 Å². The van der Waals surface area contributed by atoms with E-state index in [2.05, 4.69) is 15.6 Å². The van der Waals surface area contributed by atoms with Crippen LogP contribution in [0.15, 0.2) is 75.6 Å². The summed E-state index contributed by atoms with van der Waals surface area (Å²) in [5, 5.41) is 8.03. The molecule has 0 aliphatic heterocycles. The number of carbonyl (C=O) groups is 2. The van der Waals surface area contributed by atoms with Crippen LogP contribution in [0.5, 0.6) is 0 Å². The third kappa shape index (κ3) is 4.87. The molecule has 2 aromatic heterocycles. The zero-order chi connectivity index (χ0) is 21.8. The Kier molecular flexibility index (Phi) is 6.20. The van der Waals surface area contributed by atoms with Crippen molar-refractivity contribution in [1.82, 2.24) is 4.98 Å². The maximum Gasteiger partial charge on any atom is 0.291 e. The molecule has 0 fully saturated rings. The fourth-order valence-corrected chi connectivity index (χ4v) is 4.01. The fourth-order valence-electron chi connectivity index (χ4n) is 2.88. The Balaban J connectivity index is 1.47. The van der Waals surface area contributed by atoms with Crippen LogP contribution >= 0.6 is 23.1 Å². The van der Waals surface area contributed by atoms with E-state index in [1.807, 2.05) is 42.8 Å². The molecular weight excluding hydrogens is 430 g/mol. The summed E-state index contributed by atoms with van der Waals surface area (Å²) in [6.07, 6.45) is 3.47. The quantitative estimate of drug-likeness (QED) is 0.356. The number of amides is 2. The van der Waals surface area contributed by atoms with Crippen molar-refractivity contribution >= 4 is 45.7 Å². The Hall–Kier alpha value is -3.36. The second kappa shape index (κ2) is 9.20. The summed E-state index contributed by atoms with van der Waals surface area (Å²) >= 11 is 3.05. The van der Waals surface area contributed by atoms with Crippen LogP contribution in [0.25, 0.3) is 11.3 Å². The topological polar surface area (TPSA) is 84.2 Å². The third-order valence-electron chi connectivity index (χ3n) is 4.60. The van der Waals surface area contributed by atoms with Crippen LogP contribution in [-0.2, 0) is 0 Å². The Morgan fingerprint density at radius 2 is 1.84 bits per heavy atom. The number of nitrogens with zero attached hydrogens (tertiary/aromatic N) is 1. The lowest BCUT2D eigenvalue weighted by atomic mass is 10.1. The molecule has 2 N–H and O–H groups in total. The van der Waals surface area contributed by atoms with Gasteiger partial charge in [-0.3, -0.25) is 14.9 Å². The molecule has 0 aliphatic rings. The molecule has 156 valence electrons. The van der Waals surface area contributed by atoms with Gasteiger partial charge in [-0.1, -0.05) is 18.2 Å². The molecule has 2 amide bonds. The minimum Gasteiger partial charge on any atom is -0.459 e. The van der Waals surface area contributed by atoms with Crippen LogP contribution in [0.4, 0.5) is 10.8 Å². The summed E-state index contributed by atoms with van der Waals surface area (Å²) in [5.41, 5.74) is 3.60. The van der Waals surface area contributed by atoms with Crippen molar-refractivity contribution < 1.29 is 14.0 Å². The Bertz CT molecular complexity index is 1220. The lowest BCUT2D eigenvalue weighted by molar-refractivity contribution is 0.0993. The van der Waals surface area contributed by atoms with Crippen LogP contribution in [0.2, 0.25) is 0 Å². The number of thiazole rings is 1. The van der Waals surface area contributed by atoms with Crippen LogP contribution in [-0.4, -0.2) is 23.1 Å². The van der Waals surface area contributed by atoms with E-state index in [4.69, 9.17) is 4.42 Å². The van der Waals surface area contributed by atoms with Gasteiger partial charge < -0.3 is 9.73 Å². The predicted octanol–water partition coefficient (Wildman–Crippen LogP) is 5.94. The molecule has 0 unspecified atom stereocenters. The van der Waals surface area contributed by atoms with Crippen LogP contribution in [0.1, 0.15) is 26.5 Å². The number of aryl methyl sites for hydroxylation is 1. The normalized spacial score (nSPS) is 10.6. The number of rotatable bonds is 6. The van der Waals surface area contributed by atoms with Gasteiger partial charge in [0.2, 0.25) is 0 Å². The molecule has 31 heavy (non-hydrogen) atoms. The molecule has 0 radical (unpaired) electrons. The molecule has 0 spiro atoms. The number of carbonyl (C=O) groups excluding carboxylic acids is 2. The molecule has 2 aromatic carbocycles. The highest BCUT2D eigenvalue weighted by molar-refractivity contribution is 7.98. The van der Waals surface area contributed by atoms with Crippen LogP contribution in [0.3, 0.4) is 0 Å². The van der Waals surface area contributed by atoms with Crippen molar-refractivity contribution in [2.45, 2.75) is 11.8 Å². The zero-order valence-electron chi connectivity index (χ0n) is 16.8. The molecule has 0 bridgehead atoms. The van der Waals surface area contributed by atoms with E-state index in [-0.39, 0.29) is 17.6 Å². The number of hydrogen-bond donors (Lipinski definition) is 2. The van der Waals surface area contributed by atoms with E-state index in [1.54, 1.807) is 42.1 Å². The first-order valence-electron chi connectivity index (χ1n) is 9.40. The maximum atomic E-state index is 12.7. The number of furan rings is 1. The average Bonchev–Trinajstić information content (AvgIpc) is 3.48. The number of anilines is 2. The average molecular weight is 450 g/mol. The summed E-state index contributed by atoms with van der Waals surface area (Å²) in [6.45, 7) is 1.86. The van der Waals surface area contributed by atoms with Gasteiger partial charge in [0.25, 0.3) is 11.8 Å². The van der Waals surface area contributed by atoms with Crippen molar-refractivity contribution in [3.8, 4) is 11.3 Å². The van der Waals surface area contributed by atoms with Gasteiger partial charge in [0.15, 0.2) is 10.9 Å². The van der Waals surface area contributed by atoms with Crippen molar-refractivity contribution in [2.24, 2.45) is 0 Å². The molecule has 8 heteroatoms. The SMILES string of the molecule is CSc1ccc(-c2csc(NC(=O)c3ccc(C)c(NC(=O)c4ccco4)c3)n2)cc1. The van der Waals surface area contributed by atoms with Gasteiger partial charge in [-0.2, -0.15) is 0 Å². The second-order valence-electron chi connectivity index (χ2n) is 6.68. The highest BCUT2D eigenvalue weighted by Gasteiger charge is 2.14. The van der Waals surface area contributed by atoms with Gasteiger partial charge in [0, 0.05) is 27.1 Å². The molecule has 4 aromatic rings. The number of hydrogen-bond acceptors (Lipinski definition) is 6. The van der Waals surface area contributed by atoms with Gasteiger partial charge >= 0.3 is 0 Å². The Morgan fingerprint density at radius 1 is 1.03 bits per heavy atom. The molecule has 2 heterocycles. The summed E-state index contributed by atoms with van der Waals surface area (Å²) in [7, 11) is 0. The lowest BCUT2D eigenvalue weighted by Crippen LogP contribution is -2.15. The first-order chi connectivity index (χ1) is 15.0. The zero-order valence-corrected chi connectivity index (χ0v) is 18.5. The molecule has 0 aliphatic carbocycles. The van der Waals surface area contributed by atoms with E-state index in [1.165, 1.54) is 22.5 Å². The van der Waals surface area contributed by atoms with Gasteiger partial charge in [-0.15, -0.1) is 23.1 Å². The summed E-state index contributed by atoms with van der Waals surface area (Å²) in [6, 6.07) is 16.5. The Morgan fingerprint density at radius 3 is 2.55 bits per heavy atom. The number of nitrogens with one attached hydrogen (secondary N) is 2. The second-order valence-corrected chi connectivity index (χ2v) is 8.42. The molecule has 4 rings (SSSR count). The largest absolute Gasteiger partial charge is 0.459 e. The number of benzene rings is 2. The molecular formula is C23H19N3O3S2. The summed E-state index contributed by atoms with van der Waals surface area (Å²) in [4.78, 5) is 30.7. The smallest absolute Gasteiger partial charge is 0.291 e. The standard InChI is InChI=1S/C23H19N3O3S2/c1-14-5-6-16(12-18(14)24-22(28)20-4-3-11-29-20)21(27)26-23-25-19(13-31-23)15-7-9-17(30-2)10-8-15/h3-13H,1-2H3,(H,24,28)(H,25,26,27). The maximum absolute atomic E-state index is 12.7. The molecule has 0 atom stereocenters. The monoisotopic (exact) mass is 449 g/mol. The fraction of sp³-hybridized carbons (Fsp3) is 0.0870.